The van der Waals surface area contributed by atoms with Crippen molar-refractivity contribution in [2.45, 2.75) is 26.4 Å². The van der Waals surface area contributed by atoms with Crippen molar-refractivity contribution in [2.75, 3.05) is 13.1 Å². The van der Waals surface area contributed by atoms with Crippen molar-refractivity contribution in [1.29, 1.82) is 0 Å². The van der Waals surface area contributed by atoms with E-state index < -0.39 is 6.10 Å². The van der Waals surface area contributed by atoms with Gasteiger partial charge in [-0.3, -0.25) is 4.79 Å². The topological polar surface area (TPSA) is 66.3 Å². The van der Waals surface area contributed by atoms with E-state index >= 15 is 0 Å². The third kappa shape index (κ3) is 2.08. The third-order valence-corrected chi connectivity index (χ3v) is 3.87. The van der Waals surface area contributed by atoms with Crippen LogP contribution in [0.15, 0.2) is 0 Å². The molecule has 1 aromatic heterocycles. The molecule has 1 aliphatic heterocycles. The van der Waals surface area contributed by atoms with E-state index in [-0.39, 0.29) is 11.8 Å². The molecule has 0 aromatic carbocycles. The molecule has 1 N–H and O–H groups in total. The van der Waals surface area contributed by atoms with Crippen LogP contribution in [0.3, 0.4) is 0 Å². The van der Waals surface area contributed by atoms with Gasteiger partial charge >= 0.3 is 0 Å². The highest BCUT2D eigenvalue weighted by Gasteiger charge is 2.29. The number of likely N-dealkylation sites (tertiary alicyclic amines) is 1. The van der Waals surface area contributed by atoms with Crippen LogP contribution in [-0.2, 0) is 0 Å². The van der Waals surface area contributed by atoms with Crippen LogP contribution in [0.4, 0.5) is 0 Å². The number of hydrogen-bond acceptors (Lipinski definition) is 5. The molecule has 0 bridgehead atoms. The van der Waals surface area contributed by atoms with Crippen LogP contribution in [0.25, 0.3) is 0 Å². The van der Waals surface area contributed by atoms with Crippen LogP contribution in [0, 0.1) is 12.8 Å². The monoisotopic (exact) mass is 241 g/mol. The first-order chi connectivity index (χ1) is 7.59. The van der Waals surface area contributed by atoms with Gasteiger partial charge in [-0.1, -0.05) is 11.4 Å². The van der Waals surface area contributed by atoms with Gasteiger partial charge in [-0.25, -0.2) is 0 Å². The summed E-state index contributed by atoms with van der Waals surface area (Å²) in [4.78, 5) is 14.4. The van der Waals surface area contributed by atoms with Crippen molar-refractivity contribution in [3.8, 4) is 0 Å². The predicted molar refractivity (Wildman–Crippen MR) is 60.3 cm³/mol. The van der Waals surface area contributed by atoms with Crippen molar-refractivity contribution in [1.82, 2.24) is 14.5 Å². The van der Waals surface area contributed by atoms with Crippen LogP contribution in [0.1, 0.15) is 28.7 Å². The summed E-state index contributed by atoms with van der Waals surface area (Å²) < 4.78 is 3.75. The Hall–Kier alpha value is -1.01. The lowest BCUT2D eigenvalue weighted by Crippen LogP contribution is -2.45. The smallest absolute Gasteiger partial charge is 0.267 e. The second kappa shape index (κ2) is 4.47. The molecule has 16 heavy (non-hydrogen) atoms. The molecule has 1 aromatic rings. The Balaban J connectivity index is 2.09. The fraction of sp³-hybridized carbons (Fsp3) is 0.700. The lowest BCUT2D eigenvalue weighted by atomic mass is 9.96. The summed E-state index contributed by atoms with van der Waals surface area (Å²) in [5.41, 5.74) is 0.670. The van der Waals surface area contributed by atoms with Gasteiger partial charge in [0.1, 0.15) is 4.88 Å². The summed E-state index contributed by atoms with van der Waals surface area (Å²) in [6.07, 6.45) is 0.428. The maximum absolute atomic E-state index is 12.1. The summed E-state index contributed by atoms with van der Waals surface area (Å²) in [5, 5.41) is 13.6. The molecule has 1 saturated heterocycles. The lowest BCUT2D eigenvalue weighted by molar-refractivity contribution is 0.0251. The number of aryl methyl sites for hydroxylation is 1. The molecule has 1 aliphatic rings. The Labute approximate surface area is 98.2 Å². The number of hydrogen-bond donors (Lipinski definition) is 1. The minimum atomic E-state index is -0.418. The summed E-state index contributed by atoms with van der Waals surface area (Å²) in [6.45, 7) is 4.90. The lowest BCUT2D eigenvalue weighted by Gasteiger charge is -2.33. The number of nitrogens with zero attached hydrogens (tertiary/aromatic N) is 3. The number of aromatic nitrogens is 2. The SMILES string of the molecule is Cc1nnsc1C(=O)N1CCC(C)C(O)C1. The molecular weight excluding hydrogens is 226 g/mol. The van der Waals surface area contributed by atoms with Gasteiger partial charge in [0.15, 0.2) is 0 Å². The van der Waals surface area contributed by atoms with Gasteiger partial charge in [-0.15, -0.1) is 5.10 Å². The highest BCUT2D eigenvalue weighted by Crippen LogP contribution is 2.20. The van der Waals surface area contributed by atoms with E-state index in [4.69, 9.17) is 0 Å². The highest BCUT2D eigenvalue weighted by molar-refractivity contribution is 7.07. The van der Waals surface area contributed by atoms with Crippen molar-refractivity contribution in [3.63, 3.8) is 0 Å². The van der Waals surface area contributed by atoms with Crippen LogP contribution >= 0.6 is 11.5 Å². The molecule has 88 valence electrons. The van der Waals surface area contributed by atoms with E-state index in [1.54, 1.807) is 11.8 Å². The van der Waals surface area contributed by atoms with E-state index in [1.165, 1.54) is 0 Å². The number of carbonyl (C=O) groups is 1. The summed E-state index contributed by atoms with van der Waals surface area (Å²) in [5.74, 6) is 0.211. The first-order valence-corrected chi connectivity index (χ1v) is 6.13. The maximum Gasteiger partial charge on any atom is 0.267 e. The quantitative estimate of drug-likeness (QED) is 0.785. The second-order valence-electron chi connectivity index (χ2n) is 4.27. The van der Waals surface area contributed by atoms with Gasteiger partial charge in [0.2, 0.25) is 0 Å². The molecule has 2 rings (SSSR count). The largest absolute Gasteiger partial charge is 0.391 e. The Morgan fingerprint density at radius 2 is 2.38 bits per heavy atom. The van der Waals surface area contributed by atoms with Gasteiger partial charge in [0.05, 0.1) is 11.8 Å². The number of amides is 1. The minimum absolute atomic E-state index is 0.0570. The van der Waals surface area contributed by atoms with E-state index in [0.717, 1.165) is 18.0 Å². The fourth-order valence-corrected chi connectivity index (χ4v) is 2.43. The van der Waals surface area contributed by atoms with E-state index in [1.807, 2.05) is 6.92 Å². The molecule has 0 aliphatic carbocycles. The molecular formula is C10H15N3O2S. The van der Waals surface area contributed by atoms with Crippen LogP contribution < -0.4 is 0 Å². The van der Waals surface area contributed by atoms with Crippen molar-refractivity contribution in [3.05, 3.63) is 10.6 Å². The standard InChI is InChI=1S/C10H15N3O2S/c1-6-3-4-13(5-8(6)14)10(15)9-7(2)11-12-16-9/h6,8,14H,3-5H2,1-2H3. The first-order valence-electron chi connectivity index (χ1n) is 5.36. The average molecular weight is 241 g/mol. The molecule has 0 radical (unpaired) electrons. The maximum atomic E-state index is 12.1. The molecule has 1 fully saturated rings. The zero-order valence-electron chi connectivity index (χ0n) is 9.38. The van der Waals surface area contributed by atoms with Crippen LogP contribution in [0.2, 0.25) is 0 Å². The van der Waals surface area contributed by atoms with E-state index in [2.05, 4.69) is 9.59 Å². The molecule has 1 amide bonds. The molecule has 2 unspecified atom stereocenters. The molecule has 0 saturated carbocycles. The molecule has 2 atom stereocenters. The van der Waals surface area contributed by atoms with Crippen LogP contribution in [0.5, 0.6) is 0 Å². The Bertz CT molecular complexity index is 393. The van der Waals surface area contributed by atoms with Crippen molar-refractivity contribution in [2.24, 2.45) is 5.92 Å². The fourth-order valence-electron chi connectivity index (χ4n) is 1.80. The number of aliphatic hydroxyl groups is 1. The van der Waals surface area contributed by atoms with E-state index in [9.17, 15) is 9.90 Å². The van der Waals surface area contributed by atoms with Gasteiger partial charge < -0.3 is 10.0 Å². The second-order valence-corrected chi connectivity index (χ2v) is 5.03. The van der Waals surface area contributed by atoms with Gasteiger partial charge in [0, 0.05) is 13.1 Å². The molecule has 5 nitrogen and oxygen atoms in total. The zero-order valence-corrected chi connectivity index (χ0v) is 10.2. The number of piperidine rings is 1. The van der Waals surface area contributed by atoms with Gasteiger partial charge in [0.25, 0.3) is 5.91 Å². The predicted octanol–water partition coefficient (Wildman–Crippen LogP) is 0.689. The van der Waals surface area contributed by atoms with Crippen molar-refractivity contribution >= 4 is 17.4 Å². The van der Waals surface area contributed by atoms with E-state index in [0.29, 0.717) is 23.7 Å². The van der Waals surface area contributed by atoms with Crippen LogP contribution in [-0.4, -0.2) is 44.7 Å². The normalized spacial score (nSPS) is 25.8. The summed E-state index contributed by atoms with van der Waals surface area (Å²) in [7, 11) is 0. The Kier molecular flexibility index (Phi) is 3.20. The highest BCUT2D eigenvalue weighted by atomic mass is 32.1. The minimum Gasteiger partial charge on any atom is -0.391 e. The Morgan fingerprint density at radius 1 is 1.62 bits per heavy atom. The molecule has 2 heterocycles. The molecule has 6 heteroatoms. The first kappa shape index (κ1) is 11.5. The zero-order chi connectivity index (χ0) is 11.7. The summed E-state index contributed by atoms with van der Waals surface area (Å²) >= 11 is 1.12. The summed E-state index contributed by atoms with van der Waals surface area (Å²) in [6, 6.07) is 0. The van der Waals surface area contributed by atoms with Crippen molar-refractivity contribution < 1.29 is 9.90 Å². The third-order valence-electron chi connectivity index (χ3n) is 3.05. The number of rotatable bonds is 1. The Morgan fingerprint density at radius 3 is 2.94 bits per heavy atom. The van der Waals surface area contributed by atoms with Gasteiger partial charge in [-0.05, 0) is 30.8 Å². The number of β-amino-alcohol motifs (C(OH)–C–C–N with tert-alkyl or cyclic N) is 1. The number of carbonyl (C=O) groups excluding carboxylic acids is 1. The number of aliphatic hydroxyl groups excluding tert-OH is 1. The molecule has 0 spiro atoms. The average Bonchev–Trinajstić information content (AvgIpc) is 2.67. The van der Waals surface area contributed by atoms with Gasteiger partial charge in [-0.2, -0.15) is 0 Å².